The van der Waals surface area contributed by atoms with Crippen LogP contribution < -0.4 is 0 Å². The van der Waals surface area contributed by atoms with E-state index >= 15 is 0 Å². The van der Waals surface area contributed by atoms with Crippen molar-refractivity contribution < 1.29 is 0 Å². The van der Waals surface area contributed by atoms with Crippen molar-refractivity contribution in [1.82, 2.24) is 30.0 Å². The fraction of sp³-hybridized carbons (Fsp3) is 0.938. The molecule has 6 heteroatoms. The molecule has 0 aromatic carbocycles. The summed E-state index contributed by atoms with van der Waals surface area (Å²) < 4.78 is 2.02. The van der Waals surface area contributed by atoms with Crippen LogP contribution in [0.4, 0.5) is 0 Å². The van der Waals surface area contributed by atoms with Crippen molar-refractivity contribution >= 4 is 0 Å². The lowest BCUT2D eigenvalue weighted by Gasteiger charge is -2.39. The molecule has 1 aromatic heterocycles. The second kappa shape index (κ2) is 8.02. The molecule has 1 saturated heterocycles. The maximum atomic E-state index is 4.38. The second-order valence-corrected chi connectivity index (χ2v) is 7.10. The van der Waals surface area contributed by atoms with Crippen LogP contribution in [0.3, 0.4) is 0 Å². The van der Waals surface area contributed by atoms with Crippen LogP contribution in [0.15, 0.2) is 0 Å². The third-order valence-electron chi connectivity index (χ3n) is 4.62. The quantitative estimate of drug-likeness (QED) is 0.771. The summed E-state index contributed by atoms with van der Waals surface area (Å²) in [5, 5.41) is 12.6. The van der Waals surface area contributed by atoms with Crippen LogP contribution in [0.5, 0.6) is 0 Å². The Kier molecular flexibility index (Phi) is 6.32. The van der Waals surface area contributed by atoms with Gasteiger partial charge >= 0.3 is 0 Å². The Balaban J connectivity index is 2.10. The molecule has 6 nitrogen and oxygen atoms in total. The Labute approximate surface area is 134 Å². The maximum absolute atomic E-state index is 4.38. The summed E-state index contributed by atoms with van der Waals surface area (Å²) in [6.45, 7) is 17.8. The second-order valence-electron chi connectivity index (χ2n) is 7.10. The number of aromatic nitrogens is 4. The molecule has 0 radical (unpaired) electrons. The van der Waals surface area contributed by atoms with Gasteiger partial charge in [0.1, 0.15) is 0 Å². The van der Waals surface area contributed by atoms with Crippen LogP contribution in [0.2, 0.25) is 0 Å². The van der Waals surface area contributed by atoms with Gasteiger partial charge in [0.2, 0.25) is 0 Å². The molecule has 2 heterocycles. The molecule has 1 aliphatic rings. The molecule has 0 bridgehead atoms. The molecule has 1 atom stereocenters. The highest BCUT2D eigenvalue weighted by Gasteiger charge is 2.31. The molecular formula is C16H32N6. The standard InChI is InChI=1S/C16H32N6/c1-6-20-9-11-21(12-10-20)15(14(4)5)16-17-18-19-22(16)8-7-13(2)3/h13-15H,6-12H2,1-5H3/t15-/m1/s1. The number of aryl methyl sites for hydroxylation is 1. The first-order chi connectivity index (χ1) is 10.5. The lowest BCUT2D eigenvalue weighted by atomic mass is 10.0. The average molecular weight is 308 g/mol. The normalized spacial score (nSPS) is 19.2. The monoisotopic (exact) mass is 308 g/mol. The first-order valence-electron chi connectivity index (χ1n) is 8.75. The highest BCUT2D eigenvalue weighted by molar-refractivity contribution is 4.96. The van der Waals surface area contributed by atoms with E-state index in [1.165, 1.54) is 0 Å². The number of tetrazole rings is 1. The molecule has 0 amide bonds. The smallest absolute Gasteiger partial charge is 0.168 e. The highest BCUT2D eigenvalue weighted by Crippen LogP contribution is 2.28. The molecule has 0 N–H and O–H groups in total. The zero-order valence-electron chi connectivity index (χ0n) is 14.9. The van der Waals surface area contributed by atoms with Crippen LogP contribution in [0.25, 0.3) is 0 Å². The van der Waals surface area contributed by atoms with Crippen molar-refractivity contribution in [1.29, 1.82) is 0 Å². The molecule has 2 rings (SSSR count). The van der Waals surface area contributed by atoms with Crippen LogP contribution in [0.1, 0.15) is 52.9 Å². The SMILES string of the molecule is CCN1CCN([C@@H](c2nnnn2CCC(C)C)C(C)C)CC1. The Bertz CT molecular complexity index is 434. The summed E-state index contributed by atoms with van der Waals surface area (Å²) in [6.07, 6.45) is 1.12. The lowest BCUT2D eigenvalue weighted by Crippen LogP contribution is -2.48. The van der Waals surface area contributed by atoms with Gasteiger partial charge in [0, 0.05) is 32.7 Å². The van der Waals surface area contributed by atoms with Gasteiger partial charge in [-0.2, -0.15) is 0 Å². The van der Waals surface area contributed by atoms with Crippen molar-refractivity contribution in [2.45, 2.75) is 53.6 Å². The van der Waals surface area contributed by atoms with Gasteiger partial charge in [-0.05, 0) is 35.2 Å². The van der Waals surface area contributed by atoms with Crippen molar-refractivity contribution in [3.8, 4) is 0 Å². The van der Waals surface area contributed by atoms with Crippen LogP contribution in [0, 0.1) is 11.8 Å². The Morgan fingerprint density at radius 3 is 2.27 bits per heavy atom. The fourth-order valence-electron chi connectivity index (χ4n) is 3.20. The topological polar surface area (TPSA) is 50.1 Å². The van der Waals surface area contributed by atoms with Gasteiger partial charge in [-0.3, -0.25) is 4.90 Å². The molecule has 22 heavy (non-hydrogen) atoms. The number of likely N-dealkylation sites (N-methyl/N-ethyl adjacent to an activating group) is 1. The van der Waals surface area contributed by atoms with Gasteiger partial charge in [-0.15, -0.1) is 5.10 Å². The zero-order valence-corrected chi connectivity index (χ0v) is 14.9. The summed E-state index contributed by atoms with van der Waals surface area (Å²) in [7, 11) is 0. The van der Waals surface area contributed by atoms with Crippen LogP contribution in [-0.2, 0) is 6.54 Å². The van der Waals surface area contributed by atoms with Crippen LogP contribution >= 0.6 is 0 Å². The average Bonchev–Trinajstić information content (AvgIpc) is 2.94. The van der Waals surface area contributed by atoms with Gasteiger partial charge in [0.05, 0.1) is 6.04 Å². The van der Waals surface area contributed by atoms with Crippen molar-refractivity contribution in [2.24, 2.45) is 11.8 Å². The third-order valence-corrected chi connectivity index (χ3v) is 4.62. The number of nitrogens with zero attached hydrogens (tertiary/aromatic N) is 6. The first kappa shape index (κ1) is 17.3. The first-order valence-corrected chi connectivity index (χ1v) is 8.75. The van der Waals surface area contributed by atoms with Crippen molar-refractivity contribution in [3.05, 3.63) is 5.82 Å². The van der Waals surface area contributed by atoms with Crippen LogP contribution in [-0.4, -0.2) is 62.7 Å². The van der Waals surface area contributed by atoms with E-state index in [1.807, 2.05) is 4.68 Å². The van der Waals surface area contributed by atoms with E-state index < -0.39 is 0 Å². The Morgan fingerprint density at radius 1 is 1.05 bits per heavy atom. The Hall–Kier alpha value is -1.01. The van der Waals surface area contributed by atoms with E-state index in [1.54, 1.807) is 0 Å². The number of hydrogen-bond donors (Lipinski definition) is 0. The van der Waals surface area contributed by atoms with E-state index in [9.17, 15) is 0 Å². The molecule has 0 spiro atoms. The molecule has 0 aliphatic carbocycles. The molecule has 1 fully saturated rings. The highest BCUT2D eigenvalue weighted by atomic mass is 15.6. The van der Waals surface area contributed by atoms with Gasteiger partial charge in [-0.25, -0.2) is 4.68 Å². The van der Waals surface area contributed by atoms with Gasteiger partial charge < -0.3 is 4.90 Å². The van der Waals surface area contributed by atoms with E-state index in [0.717, 1.165) is 51.5 Å². The van der Waals surface area contributed by atoms with Gasteiger partial charge in [-0.1, -0.05) is 34.6 Å². The van der Waals surface area contributed by atoms with Gasteiger partial charge in [0.15, 0.2) is 5.82 Å². The molecular weight excluding hydrogens is 276 g/mol. The van der Waals surface area contributed by atoms with E-state index in [0.29, 0.717) is 17.9 Å². The van der Waals surface area contributed by atoms with E-state index in [2.05, 4.69) is 59.9 Å². The zero-order chi connectivity index (χ0) is 16.1. The summed E-state index contributed by atoms with van der Waals surface area (Å²) >= 11 is 0. The maximum Gasteiger partial charge on any atom is 0.168 e. The fourth-order valence-corrected chi connectivity index (χ4v) is 3.20. The number of rotatable bonds is 7. The van der Waals surface area contributed by atoms with Crippen molar-refractivity contribution in [3.63, 3.8) is 0 Å². The minimum atomic E-state index is 0.321. The molecule has 126 valence electrons. The molecule has 1 aromatic rings. The molecule has 0 unspecified atom stereocenters. The minimum absolute atomic E-state index is 0.321. The minimum Gasteiger partial charge on any atom is -0.301 e. The summed E-state index contributed by atoms with van der Waals surface area (Å²) in [5.41, 5.74) is 0. The third kappa shape index (κ3) is 4.26. The predicted octanol–water partition coefficient (Wildman–Crippen LogP) is 2.05. The largest absolute Gasteiger partial charge is 0.301 e. The van der Waals surface area contributed by atoms with E-state index in [4.69, 9.17) is 0 Å². The summed E-state index contributed by atoms with van der Waals surface area (Å²) in [4.78, 5) is 5.07. The summed E-state index contributed by atoms with van der Waals surface area (Å²) in [5.74, 6) is 2.22. The number of hydrogen-bond acceptors (Lipinski definition) is 5. The number of piperazine rings is 1. The predicted molar refractivity (Wildman–Crippen MR) is 88.5 cm³/mol. The van der Waals surface area contributed by atoms with Gasteiger partial charge in [0.25, 0.3) is 0 Å². The van der Waals surface area contributed by atoms with Crippen molar-refractivity contribution in [2.75, 3.05) is 32.7 Å². The summed E-state index contributed by atoms with van der Waals surface area (Å²) in [6, 6.07) is 0.321. The lowest BCUT2D eigenvalue weighted by molar-refractivity contribution is 0.0718. The Morgan fingerprint density at radius 2 is 1.73 bits per heavy atom. The van der Waals surface area contributed by atoms with E-state index in [-0.39, 0.29) is 0 Å². The molecule has 0 saturated carbocycles. The molecule has 1 aliphatic heterocycles.